The maximum atomic E-state index is 13.3. The lowest BCUT2D eigenvalue weighted by Crippen LogP contribution is -2.11. The van der Waals surface area contributed by atoms with Crippen molar-refractivity contribution in [1.29, 1.82) is 0 Å². The van der Waals surface area contributed by atoms with Crippen LogP contribution in [0.5, 0.6) is 5.75 Å². The summed E-state index contributed by atoms with van der Waals surface area (Å²) in [6.07, 6.45) is 5.36. The second kappa shape index (κ2) is 8.28. The highest BCUT2D eigenvalue weighted by atomic mass is 35.5. The fourth-order valence-corrected chi connectivity index (χ4v) is 3.19. The summed E-state index contributed by atoms with van der Waals surface area (Å²) in [5.41, 5.74) is 3.53. The predicted octanol–water partition coefficient (Wildman–Crippen LogP) is 4.99. The SMILES string of the molecule is ON=C1C=Cc2ncnc(Nc3ccc(OCc4cccc(F)c4)c(Cl)c3)c2C1. The van der Waals surface area contributed by atoms with Crippen molar-refractivity contribution in [2.45, 2.75) is 13.0 Å². The average molecular weight is 411 g/mol. The third-order valence-corrected chi connectivity index (χ3v) is 4.67. The van der Waals surface area contributed by atoms with E-state index in [1.807, 2.05) is 0 Å². The van der Waals surface area contributed by atoms with Crippen molar-refractivity contribution in [3.8, 4) is 5.75 Å². The Morgan fingerprint density at radius 1 is 1.17 bits per heavy atom. The number of nitrogens with one attached hydrogen (secondary N) is 1. The van der Waals surface area contributed by atoms with Crippen LogP contribution in [-0.4, -0.2) is 20.9 Å². The molecule has 1 aliphatic carbocycles. The first kappa shape index (κ1) is 18.9. The summed E-state index contributed by atoms with van der Waals surface area (Å²) in [4.78, 5) is 8.52. The van der Waals surface area contributed by atoms with Crippen LogP contribution in [0.1, 0.15) is 16.8 Å². The molecule has 2 aromatic carbocycles. The van der Waals surface area contributed by atoms with Crippen LogP contribution < -0.4 is 10.1 Å². The Bertz CT molecular complexity index is 1120. The largest absolute Gasteiger partial charge is 0.487 e. The number of ether oxygens (including phenoxy) is 1. The van der Waals surface area contributed by atoms with Gasteiger partial charge in [-0.15, -0.1) is 0 Å². The molecule has 0 radical (unpaired) electrons. The van der Waals surface area contributed by atoms with Crippen molar-refractivity contribution in [2.75, 3.05) is 5.32 Å². The molecular formula is C21H16ClFN4O2. The smallest absolute Gasteiger partial charge is 0.138 e. The molecule has 0 aliphatic heterocycles. The third-order valence-electron chi connectivity index (χ3n) is 4.38. The molecule has 1 aliphatic rings. The molecule has 3 aromatic rings. The molecule has 0 atom stereocenters. The van der Waals surface area contributed by atoms with Gasteiger partial charge in [-0.1, -0.05) is 28.9 Å². The summed E-state index contributed by atoms with van der Waals surface area (Å²) in [6.45, 7) is 0.208. The van der Waals surface area contributed by atoms with E-state index in [-0.39, 0.29) is 12.4 Å². The van der Waals surface area contributed by atoms with E-state index in [0.717, 1.165) is 11.3 Å². The van der Waals surface area contributed by atoms with Crippen LogP contribution in [0.3, 0.4) is 0 Å². The molecular weight excluding hydrogens is 395 g/mol. The van der Waals surface area contributed by atoms with Gasteiger partial charge in [0.15, 0.2) is 0 Å². The number of benzene rings is 2. The summed E-state index contributed by atoms with van der Waals surface area (Å²) < 4.78 is 19.0. The van der Waals surface area contributed by atoms with Gasteiger partial charge in [0.05, 0.1) is 16.4 Å². The first-order valence-electron chi connectivity index (χ1n) is 8.79. The first-order valence-corrected chi connectivity index (χ1v) is 9.17. The highest BCUT2D eigenvalue weighted by Crippen LogP contribution is 2.31. The van der Waals surface area contributed by atoms with Gasteiger partial charge in [0.2, 0.25) is 0 Å². The van der Waals surface area contributed by atoms with Crippen molar-refractivity contribution in [2.24, 2.45) is 5.16 Å². The Morgan fingerprint density at radius 2 is 2.07 bits per heavy atom. The van der Waals surface area contributed by atoms with Gasteiger partial charge in [0.1, 0.15) is 30.3 Å². The highest BCUT2D eigenvalue weighted by Gasteiger charge is 2.16. The van der Waals surface area contributed by atoms with E-state index in [1.54, 1.807) is 42.5 Å². The van der Waals surface area contributed by atoms with Crippen molar-refractivity contribution in [3.63, 3.8) is 0 Å². The zero-order valence-electron chi connectivity index (χ0n) is 15.1. The van der Waals surface area contributed by atoms with Crippen LogP contribution in [0, 0.1) is 5.82 Å². The minimum Gasteiger partial charge on any atom is -0.487 e. The Labute approximate surface area is 171 Å². The molecule has 0 unspecified atom stereocenters. The minimum absolute atomic E-state index is 0.208. The molecule has 0 fully saturated rings. The van der Waals surface area contributed by atoms with Crippen molar-refractivity contribution in [1.82, 2.24) is 9.97 Å². The number of oxime groups is 1. The second-order valence-electron chi connectivity index (χ2n) is 6.38. The van der Waals surface area contributed by atoms with E-state index in [4.69, 9.17) is 21.5 Å². The molecule has 0 bridgehead atoms. The van der Waals surface area contributed by atoms with Gasteiger partial charge in [-0.3, -0.25) is 0 Å². The molecule has 1 aromatic heterocycles. The van der Waals surface area contributed by atoms with Crippen LogP contribution in [-0.2, 0) is 13.0 Å². The van der Waals surface area contributed by atoms with Gasteiger partial charge < -0.3 is 15.3 Å². The van der Waals surface area contributed by atoms with E-state index in [0.29, 0.717) is 40.0 Å². The molecule has 146 valence electrons. The fraction of sp³-hybridized carbons (Fsp3) is 0.0952. The maximum Gasteiger partial charge on any atom is 0.138 e. The summed E-state index contributed by atoms with van der Waals surface area (Å²) >= 11 is 6.35. The molecule has 0 saturated carbocycles. The van der Waals surface area contributed by atoms with Crippen molar-refractivity contribution < 1.29 is 14.3 Å². The first-order chi connectivity index (χ1) is 14.1. The number of nitrogens with zero attached hydrogens (tertiary/aromatic N) is 3. The van der Waals surface area contributed by atoms with Crippen LogP contribution in [0.15, 0.2) is 60.0 Å². The van der Waals surface area contributed by atoms with Gasteiger partial charge in [-0.25, -0.2) is 14.4 Å². The van der Waals surface area contributed by atoms with Gasteiger partial charge in [-0.05, 0) is 48.0 Å². The summed E-state index contributed by atoms with van der Waals surface area (Å²) in [6, 6.07) is 11.5. The lowest BCUT2D eigenvalue weighted by molar-refractivity contribution is 0.306. The molecule has 29 heavy (non-hydrogen) atoms. The monoisotopic (exact) mass is 410 g/mol. The molecule has 4 rings (SSSR count). The molecule has 0 spiro atoms. The summed E-state index contributed by atoms with van der Waals surface area (Å²) in [5, 5.41) is 15.9. The number of aromatic nitrogens is 2. The molecule has 2 N–H and O–H groups in total. The third kappa shape index (κ3) is 4.35. The van der Waals surface area contributed by atoms with E-state index in [2.05, 4.69) is 20.4 Å². The quantitative estimate of drug-likeness (QED) is 0.457. The van der Waals surface area contributed by atoms with E-state index >= 15 is 0 Å². The second-order valence-corrected chi connectivity index (χ2v) is 6.78. The van der Waals surface area contributed by atoms with Gasteiger partial charge >= 0.3 is 0 Å². The Kier molecular flexibility index (Phi) is 5.39. The average Bonchev–Trinajstić information content (AvgIpc) is 2.73. The Morgan fingerprint density at radius 3 is 2.86 bits per heavy atom. The van der Waals surface area contributed by atoms with Crippen LogP contribution in [0.4, 0.5) is 15.9 Å². The predicted molar refractivity (Wildman–Crippen MR) is 109 cm³/mol. The number of rotatable bonds is 5. The number of allylic oxidation sites excluding steroid dienone is 1. The summed E-state index contributed by atoms with van der Waals surface area (Å²) in [5.74, 6) is 0.781. The Balaban J connectivity index is 1.50. The number of halogens is 2. The van der Waals surface area contributed by atoms with E-state index < -0.39 is 0 Å². The number of fused-ring (bicyclic) bond motifs is 1. The molecule has 0 amide bonds. The zero-order chi connectivity index (χ0) is 20.2. The molecule has 0 saturated heterocycles. The Hall–Kier alpha value is -3.45. The summed E-state index contributed by atoms with van der Waals surface area (Å²) in [7, 11) is 0. The zero-order valence-corrected chi connectivity index (χ0v) is 15.9. The molecule has 1 heterocycles. The number of hydrogen-bond acceptors (Lipinski definition) is 6. The number of anilines is 2. The van der Waals surface area contributed by atoms with Crippen LogP contribution in [0.2, 0.25) is 5.02 Å². The molecule has 6 nitrogen and oxygen atoms in total. The van der Waals surface area contributed by atoms with Gasteiger partial charge in [0, 0.05) is 17.7 Å². The molecule has 8 heteroatoms. The van der Waals surface area contributed by atoms with Crippen LogP contribution in [0.25, 0.3) is 6.08 Å². The van der Waals surface area contributed by atoms with Crippen LogP contribution >= 0.6 is 11.6 Å². The topological polar surface area (TPSA) is 79.6 Å². The highest BCUT2D eigenvalue weighted by molar-refractivity contribution is 6.32. The van der Waals surface area contributed by atoms with Crippen molar-refractivity contribution in [3.05, 3.63) is 82.5 Å². The maximum absolute atomic E-state index is 13.3. The normalized spacial score (nSPS) is 13.9. The minimum atomic E-state index is -0.311. The van der Waals surface area contributed by atoms with E-state index in [9.17, 15) is 4.39 Å². The van der Waals surface area contributed by atoms with Gasteiger partial charge in [0.25, 0.3) is 0 Å². The van der Waals surface area contributed by atoms with Crippen molar-refractivity contribution >= 4 is 34.9 Å². The lowest BCUT2D eigenvalue weighted by Gasteiger charge is -2.16. The fourth-order valence-electron chi connectivity index (χ4n) is 2.96. The number of hydrogen-bond donors (Lipinski definition) is 2. The lowest BCUT2D eigenvalue weighted by atomic mass is 10.0. The standard InChI is InChI=1S/C21H16ClFN4O2/c22-18-10-15(5-7-20(18)29-11-13-2-1-3-14(23)8-13)26-21-17-9-16(27-28)4-6-19(17)24-12-25-21/h1-8,10,12,28H,9,11H2,(H,24,25,26). The van der Waals surface area contributed by atoms with E-state index in [1.165, 1.54) is 18.5 Å². The van der Waals surface area contributed by atoms with Gasteiger partial charge in [-0.2, -0.15) is 0 Å².